The van der Waals surface area contributed by atoms with E-state index in [1.54, 1.807) is 20.8 Å². The van der Waals surface area contributed by atoms with Crippen molar-refractivity contribution in [2.24, 2.45) is 0 Å². The van der Waals surface area contributed by atoms with Crippen molar-refractivity contribution >= 4 is 6.09 Å². The summed E-state index contributed by atoms with van der Waals surface area (Å²) in [5.74, 6) is -1.34. The number of aliphatic hydroxyl groups excluding tert-OH is 1. The zero-order chi connectivity index (χ0) is 21.6. The number of amides is 1. The van der Waals surface area contributed by atoms with Crippen LogP contribution in [-0.4, -0.2) is 45.4 Å². The van der Waals surface area contributed by atoms with Crippen molar-refractivity contribution in [1.29, 1.82) is 0 Å². The van der Waals surface area contributed by atoms with Crippen molar-refractivity contribution in [2.45, 2.75) is 51.4 Å². The molecule has 2 aromatic carbocycles. The molecule has 0 aliphatic heterocycles. The fourth-order valence-corrected chi connectivity index (χ4v) is 3.39. The van der Waals surface area contributed by atoms with E-state index in [1.165, 1.54) is 17.0 Å². The van der Waals surface area contributed by atoms with Crippen LogP contribution in [0.25, 0.3) is 0 Å². The minimum Gasteiger partial charge on any atom is -0.465 e. The number of carboxylic acid groups (broad SMARTS) is 1. The Balaban J connectivity index is 2.14. The Morgan fingerprint density at radius 2 is 1.66 bits per heavy atom. The molecule has 2 atom stereocenters. The highest BCUT2D eigenvalue weighted by Crippen LogP contribution is 2.23. The molecule has 0 heterocycles. The summed E-state index contributed by atoms with van der Waals surface area (Å²) in [6.07, 6.45) is -1.81. The summed E-state index contributed by atoms with van der Waals surface area (Å²) in [5.41, 5.74) is 0.581. The Morgan fingerprint density at radius 1 is 1.07 bits per heavy atom. The minimum atomic E-state index is -1.12. The van der Waals surface area contributed by atoms with Gasteiger partial charge in [0.25, 0.3) is 0 Å². The summed E-state index contributed by atoms with van der Waals surface area (Å²) in [5, 5.41) is 23.6. The number of carbonyl (C=O) groups is 1. The molecule has 0 saturated heterocycles. The van der Waals surface area contributed by atoms with Crippen molar-refractivity contribution in [3.05, 3.63) is 71.3 Å². The van der Waals surface area contributed by atoms with Gasteiger partial charge in [-0.25, -0.2) is 13.6 Å². The molecule has 158 valence electrons. The minimum absolute atomic E-state index is 0.0650. The van der Waals surface area contributed by atoms with Crippen LogP contribution >= 0.6 is 0 Å². The van der Waals surface area contributed by atoms with Crippen LogP contribution in [0.4, 0.5) is 13.6 Å². The van der Waals surface area contributed by atoms with Crippen LogP contribution in [0.2, 0.25) is 0 Å². The summed E-state index contributed by atoms with van der Waals surface area (Å²) in [6, 6.07) is 11.9. The van der Waals surface area contributed by atoms with Crippen molar-refractivity contribution in [2.75, 3.05) is 6.54 Å². The summed E-state index contributed by atoms with van der Waals surface area (Å²) in [4.78, 5) is 13.2. The van der Waals surface area contributed by atoms with Gasteiger partial charge in [0.15, 0.2) is 0 Å². The molecular formula is C22H28F2N2O3. The van der Waals surface area contributed by atoms with E-state index in [4.69, 9.17) is 0 Å². The van der Waals surface area contributed by atoms with Gasteiger partial charge in [0, 0.05) is 24.7 Å². The molecule has 2 aromatic rings. The van der Waals surface area contributed by atoms with E-state index in [0.29, 0.717) is 12.0 Å². The standard InChI is InChI=1S/C22H28F2N2O3/c1-22(2,3)26(21(28)29)19(11-15-7-5-4-6-8-15)20(27)14-25-13-16-9-17(23)12-18(24)10-16/h4-10,12,19-20,25,27H,11,13-14H2,1-3H3,(H,28,29)/t19-,20+/m0/s1. The highest BCUT2D eigenvalue weighted by atomic mass is 19.1. The Kier molecular flexibility index (Phi) is 7.70. The molecule has 1 amide bonds. The molecule has 3 N–H and O–H groups in total. The van der Waals surface area contributed by atoms with Crippen LogP contribution in [0.3, 0.4) is 0 Å². The lowest BCUT2D eigenvalue weighted by Gasteiger charge is -2.42. The second-order valence-corrected chi connectivity index (χ2v) is 8.06. The predicted octanol–water partition coefficient (Wildman–Crippen LogP) is 3.81. The number of hydrogen-bond acceptors (Lipinski definition) is 3. The lowest BCUT2D eigenvalue weighted by molar-refractivity contribution is 0.00770. The number of benzene rings is 2. The number of rotatable bonds is 8. The van der Waals surface area contributed by atoms with E-state index in [9.17, 15) is 23.8 Å². The molecule has 0 aliphatic carbocycles. The molecule has 0 radical (unpaired) electrons. The number of nitrogens with one attached hydrogen (secondary N) is 1. The molecular weight excluding hydrogens is 378 g/mol. The third kappa shape index (κ3) is 6.80. The topological polar surface area (TPSA) is 72.8 Å². The first-order chi connectivity index (χ1) is 13.6. The largest absolute Gasteiger partial charge is 0.465 e. The normalized spacial score (nSPS) is 13.7. The summed E-state index contributed by atoms with van der Waals surface area (Å²) < 4.78 is 26.6. The van der Waals surface area contributed by atoms with Crippen molar-refractivity contribution in [3.63, 3.8) is 0 Å². The van der Waals surface area contributed by atoms with E-state index >= 15 is 0 Å². The molecule has 0 aromatic heterocycles. The van der Waals surface area contributed by atoms with Gasteiger partial charge in [-0.1, -0.05) is 30.3 Å². The van der Waals surface area contributed by atoms with Crippen LogP contribution in [0.5, 0.6) is 0 Å². The van der Waals surface area contributed by atoms with Crippen LogP contribution in [0, 0.1) is 11.6 Å². The van der Waals surface area contributed by atoms with E-state index in [0.717, 1.165) is 11.6 Å². The monoisotopic (exact) mass is 406 g/mol. The molecule has 29 heavy (non-hydrogen) atoms. The number of halogens is 2. The van der Waals surface area contributed by atoms with Gasteiger partial charge in [-0.15, -0.1) is 0 Å². The Morgan fingerprint density at radius 3 is 2.17 bits per heavy atom. The Labute approximate surface area is 170 Å². The maximum Gasteiger partial charge on any atom is 0.408 e. The molecule has 0 fully saturated rings. The van der Waals surface area contributed by atoms with Crippen molar-refractivity contribution in [1.82, 2.24) is 10.2 Å². The summed E-state index contributed by atoms with van der Waals surface area (Å²) in [7, 11) is 0. The maximum atomic E-state index is 13.3. The first-order valence-electron chi connectivity index (χ1n) is 9.48. The van der Waals surface area contributed by atoms with Crippen molar-refractivity contribution in [3.8, 4) is 0 Å². The zero-order valence-electron chi connectivity index (χ0n) is 16.9. The van der Waals surface area contributed by atoms with Crippen LogP contribution in [0.15, 0.2) is 48.5 Å². The number of nitrogens with zero attached hydrogens (tertiary/aromatic N) is 1. The van der Waals surface area contributed by atoms with Gasteiger partial charge in [0.1, 0.15) is 11.6 Å². The average Bonchev–Trinajstić information content (AvgIpc) is 2.59. The SMILES string of the molecule is CC(C)(C)N(C(=O)O)[C@@H](Cc1ccccc1)[C@H](O)CNCc1cc(F)cc(F)c1. The quantitative estimate of drug-likeness (QED) is 0.623. The van der Waals surface area contributed by atoms with Gasteiger partial charge in [0.05, 0.1) is 12.1 Å². The average molecular weight is 406 g/mol. The third-order valence-corrected chi connectivity index (χ3v) is 4.60. The van der Waals surface area contributed by atoms with Gasteiger partial charge in [0.2, 0.25) is 0 Å². The number of hydrogen-bond donors (Lipinski definition) is 3. The zero-order valence-corrected chi connectivity index (χ0v) is 16.9. The Bertz CT molecular complexity index is 789. The van der Waals surface area contributed by atoms with Gasteiger partial charge in [-0.2, -0.15) is 0 Å². The molecule has 0 aliphatic rings. The maximum absolute atomic E-state index is 13.3. The van der Waals surface area contributed by atoms with Crippen LogP contribution in [-0.2, 0) is 13.0 Å². The second-order valence-electron chi connectivity index (χ2n) is 8.06. The lowest BCUT2D eigenvalue weighted by Crippen LogP contribution is -2.58. The molecule has 0 bridgehead atoms. The smallest absolute Gasteiger partial charge is 0.408 e. The number of aliphatic hydroxyl groups is 1. The predicted molar refractivity (Wildman–Crippen MR) is 108 cm³/mol. The van der Waals surface area contributed by atoms with Gasteiger partial charge < -0.3 is 15.5 Å². The van der Waals surface area contributed by atoms with Gasteiger partial charge >= 0.3 is 6.09 Å². The fraction of sp³-hybridized carbons (Fsp3) is 0.409. The fourth-order valence-electron chi connectivity index (χ4n) is 3.39. The first-order valence-corrected chi connectivity index (χ1v) is 9.48. The van der Waals surface area contributed by atoms with Crippen molar-refractivity contribution < 1.29 is 23.8 Å². The molecule has 0 spiro atoms. The molecule has 7 heteroatoms. The molecule has 5 nitrogen and oxygen atoms in total. The van der Waals surface area contributed by atoms with E-state index in [1.807, 2.05) is 30.3 Å². The first kappa shape index (κ1) is 22.8. The highest BCUT2D eigenvalue weighted by Gasteiger charge is 2.37. The van der Waals surface area contributed by atoms with Crippen LogP contribution < -0.4 is 5.32 Å². The van der Waals surface area contributed by atoms with E-state index in [2.05, 4.69) is 5.32 Å². The summed E-state index contributed by atoms with van der Waals surface area (Å²) >= 11 is 0. The molecule has 0 saturated carbocycles. The van der Waals surface area contributed by atoms with Crippen LogP contribution in [0.1, 0.15) is 31.9 Å². The lowest BCUT2D eigenvalue weighted by atomic mass is 9.94. The summed E-state index contributed by atoms with van der Waals surface area (Å²) in [6.45, 7) is 5.53. The second kappa shape index (κ2) is 9.80. The van der Waals surface area contributed by atoms with E-state index in [-0.39, 0.29) is 13.1 Å². The third-order valence-electron chi connectivity index (χ3n) is 4.60. The molecule has 0 unspecified atom stereocenters. The highest BCUT2D eigenvalue weighted by molar-refractivity contribution is 5.66. The molecule has 2 rings (SSSR count). The van der Waals surface area contributed by atoms with E-state index < -0.39 is 35.4 Å². The Hall–Kier alpha value is -2.51. The van der Waals surface area contributed by atoms with Gasteiger partial charge in [-0.05, 0) is 50.5 Å². The van der Waals surface area contributed by atoms with Gasteiger partial charge in [-0.3, -0.25) is 4.90 Å².